The Labute approximate surface area is 119 Å². The Balaban J connectivity index is 2.56. The number of aryl methyl sites for hydroxylation is 2. The second kappa shape index (κ2) is 6.01. The summed E-state index contributed by atoms with van der Waals surface area (Å²) in [6.07, 6.45) is 0. The summed E-state index contributed by atoms with van der Waals surface area (Å²) in [7, 11) is 0. The fraction of sp³-hybridized carbons (Fsp3) is 0.375. The van der Waals surface area contributed by atoms with E-state index < -0.39 is 0 Å². The van der Waals surface area contributed by atoms with E-state index in [9.17, 15) is 4.79 Å². The lowest BCUT2D eigenvalue weighted by atomic mass is 10.1. The normalized spacial score (nSPS) is 10.8. The first kappa shape index (κ1) is 14.5. The summed E-state index contributed by atoms with van der Waals surface area (Å²) in [5, 5.41) is 7.68. The molecule has 0 bridgehead atoms. The van der Waals surface area contributed by atoms with Gasteiger partial charge in [-0.1, -0.05) is 19.1 Å². The Kier molecular flexibility index (Phi) is 4.35. The van der Waals surface area contributed by atoms with Crippen molar-refractivity contribution in [3.05, 3.63) is 57.0 Å². The van der Waals surface area contributed by atoms with E-state index in [-0.39, 0.29) is 5.43 Å². The summed E-state index contributed by atoms with van der Waals surface area (Å²) in [5.74, 6) is 0. The number of hydrogen-bond donors (Lipinski definition) is 1. The Bertz CT molecular complexity index is 674. The number of rotatable bonds is 4. The summed E-state index contributed by atoms with van der Waals surface area (Å²) in [6.45, 7) is 9.40. The fourth-order valence-electron chi connectivity index (χ4n) is 2.16. The first-order valence-electron chi connectivity index (χ1n) is 6.91. The van der Waals surface area contributed by atoms with E-state index in [2.05, 4.69) is 30.3 Å². The molecule has 4 heteroatoms. The van der Waals surface area contributed by atoms with Crippen LogP contribution in [0.4, 0.5) is 0 Å². The molecular weight excluding hydrogens is 250 g/mol. The molecule has 1 N–H and O–H groups in total. The second-order valence-electron chi connectivity index (χ2n) is 5.01. The predicted octanol–water partition coefficient (Wildman–Crippen LogP) is 2.27. The monoisotopic (exact) mass is 271 g/mol. The molecular formula is C16H21N3O. The van der Waals surface area contributed by atoms with Crippen LogP contribution < -0.4 is 10.7 Å². The lowest BCUT2D eigenvalue weighted by Crippen LogP contribution is -2.24. The largest absolute Gasteiger partial charge is 0.311 e. The second-order valence-corrected chi connectivity index (χ2v) is 5.01. The summed E-state index contributed by atoms with van der Waals surface area (Å²) in [6, 6.07) is 7.78. The standard InChI is InChI=1S/C16H21N3O/c1-5-17-10-14-16(20)9-12(3)19(18-14)15-8-6-7-11(2)13(15)4/h6-9,17H,5,10H2,1-4H3. The smallest absolute Gasteiger partial charge is 0.204 e. The van der Waals surface area contributed by atoms with Gasteiger partial charge in [0.1, 0.15) is 5.69 Å². The van der Waals surface area contributed by atoms with Crippen molar-refractivity contribution < 1.29 is 0 Å². The summed E-state index contributed by atoms with van der Waals surface area (Å²) >= 11 is 0. The minimum absolute atomic E-state index is 0.00925. The zero-order valence-corrected chi connectivity index (χ0v) is 12.5. The molecule has 0 radical (unpaired) electrons. The van der Waals surface area contributed by atoms with Crippen molar-refractivity contribution in [3.8, 4) is 5.69 Å². The zero-order chi connectivity index (χ0) is 14.7. The molecule has 0 fully saturated rings. The van der Waals surface area contributed by atoms with Gasteiger partial charge >= 0.3 is 0 Å². The molecule has 0 aliphatic carbocycles. The summed E-state index contributed by atoms with van der Waals surface area (Å²) < 4.78 is 1.86. The average molecular weight is 271 g/mol. The van der Waals surface area contributed by atoms with E-state index in [1.807, 2.05) is 30.7 Å². The molecule has 1 aromatic heterocycles. The minimum Gasteiger partial charge on any atom is -0.311 e. The third-order valence-electron chi connectivity index (χ3n) is 3.53. The highest BCUT2D eigenvalue weighted by Gasteiger charge is 2.09. The lowest BCUT2D eigenvalue weighted by Gasteiger charge is -2.15. The third kappa shape index (κ3) is 2.80. The van der Waals surface area contributed by atoms with E-state index in [4.69, 9.17) is 0 Å². The molecule has 0 amide bonds. The average Bonchev–Trinajstić information content (AvgIpc) is 2.41. The van der Waals surface area contributed by atoms with Crippen LogP contribution in [0.1, 0.15) is 29.4 Å². The molecule has 0 spiro atoms. The molecule has 0 saturated carbocycles. The number of benzene rings is 1. The van der Waals surface area contributed by atoms with Gasteiger partial charge in [-0.3, -0.25) is 4.79 Å². The van der Waals surface area contributed by atoms with Gasteiger partial charge in [0.15, 0.2) is 0 Å². The lowest BCUT2D eigenvalue weighted by molar-refractivity contribution is 0.664. The quantitative estimate of drug-likeness (QED) is 0.928. The van der Waals surface area contributed by atoms with E-state index >= 15 is 0 Å². The molecule has 1 aromatic carbocycles. The Morgan fingerprint density at radius 2 is 2.00 bits per heavy atom. The molecule has 2 aromatic rings. The highest BCUT2D eigenvalue weighted by molar-refractivity contribution is 5.44. The van der Waals surface area contributed by atoms with Gasteiger partial charge in [0.05, 0.1) is 5.69 Å². The van der Waals surface area contributed by atoms with Crippen molar-refractivity contribution >= 4 is 0 Å². The molecule has 0 aliphatic rings. The van der Waals surface area contributed by atoms with Crippen LogP contribution in [-0.2, 0) is 6.54 Å². The molecule has 0 aliphatic heterocycles. The number of nitrogens with one attached hydrogen (secondary N) is 1. The molecule has 0 atom stereocenters. The highest BCUT2D eigenvalue weighted by Crippen LogP contribution is 2.17. The maximum Gasteiger partial charge on any atom is 0.204 e. The number of hydrogen-bond acceptors (Lipinski definition) is 3. The van der Waals surface area contributed by atoms with Crippen LogP contribution in [0.5, 0.6) is 0 Å². The van der Waals surface area contributed by atoms with Gasteiger partial charge in [-0.05, 0) is 44.5 Å². The van der Waals surface area contributed by atoms with Gasteiger partial charge in [-0.15, -0.1) is 0 Å². The Morgan fingerprint density at radius 3 is 2.70 bits per heavy atom. The van der Waals surface area contributed by atoms with Crippen molar-refractivity contribution in [1.29, 1.82) is 0 Å². The van der Waals surface area contributed by atoms with Gasteiger partial charge in [-0.2, -0.15) is 5.10 Å². The number of nitrogens with zero attached hydrogens (tertiary/aromatic N) is 2. The highest BCUT2D eigenvalue weighted by atomic mass is 16.1. The molecule has 0 saturated heterocycles. The van der Waals surface area contributed by atoms with Gasteiger partial charge in [0.25, 0.3) is 0 Å². The maximum absolute atomic E-state index is 12.0. The Morgan fingerprint density at radius 1 is 1.25 bits per heavy atom. The van der Waals surface area contributed by atoms with Crippen LogP contribution in [0.15, 0.2) is 29.1 Å². The zero-order valence-electron chi connectivity index (χ0n) is 12.5. The number of aromatic nitrogens is 2. The van der Waals surface area contributed by atoms with Gasteiger partial charge in [-0.25, -0.2) is 4.68 Å². The molecule has 2 rings (SSSR count). The van der Waals surface area contributed by atoms with Crippen molar-refractivity contribution in [2.75, 3.05) is 6.54 Å². The van der Waals surface area contributed by atoms with Crippen LogP contribution in [0.25, 0.3) is 5.69 Å². The van der Waals surface area contributed by atoms with Crippen molar-refractivity contribution in [1.82, 2.24) is 15.1 Å². The molecule has 1 heterocycles. The SMILES string of the molecule is CCNCc1nn(-c2cccc(C)c2C)c(C)cc1=O. The molecule has 4 nitrogen and oxygen atoms in total. The fourth-order valence-corrected chi connectivity index (χ4v) is 2.16. The van der Waals surface area contributed by atoms with Crippen molar-refractivity contribution in [3.63, 3.8) is 0 Å². The van der Waals surface area contributed by atoms with Gasteiger partial charge in [0, 0.05) is 18.3 Å². The van der Waals surface area contributed by atoms with E-state index in [1.165, 1.54) is 11.1 Å². The van der Waals surface area contributed by atoms with Crippen LogP contribution >= 0.6 is 0 Å². The summed E-state index contributed by atoms with van der Waals surface area (Å²) in [5.41, 5.74) is 4.82. The molecule has 106 valence electrons. The predicted molar refractivity (Wildman–Crippen MR) is 81.4 cm³/mol. The van der Waals surface area contributed by atoms with Gasteiger partial charge in [0.2, 0.25) is 5.43 Å². The third-order valence-corrected chi connectivity index (χ3v) is 3.53. The van der Waals surface area contributed by atoms with Crippen LogP contribution in [0, 0.1) is 20.8 Å². The first-order valence-corrected chi connectivity index (χ1v) is 6.91. The molecule has 20 heavy (non-hydrogen) atoms. The van der Waals surface area contributed by atoms with E-state index in [0.717, 1.165) is 17.9 Å². The van der Waals surface area contributed by atoms with Crippen LogP contribution in [0.2, 0.25) is 0 Å². The first-order chi connectivity index (χ1) is 9.54. The van der Waals surface area contributed by atoms with Crippen molar-refractivity contribution in [2.24, 2.45) is 0 Å². The van der Waals surface area contributed by atoms with Crippen molar-refractivity contribution in [2.45, 2.75) is 34.2 Å². The van der Waals surface area contributed by atoms with Crippen LogP contribution in [0.3, 0.4) is 0 Å². The molecule has 0 unspecified atom stereocenters. The van der Waals surface area contributed by atoms with Crippen LogP contribution in [-0.4, -0.2) is 16.3 Å². The maximum atomic E-state index is 12.0. The summed E-state index contributed by atoms with van der Waals surface area (Å²) in [4.78, 5) is 12.0. The minimum atomic E-state index is -0.00925. The topological polar surface area (TPSA) is 46.9 Å². The van der Waals surface area contributed by atoms with E-state index in [1.54, 1.807) is 6.07 Å². The Hall–Kier alpha value is -1.94. The van der Waals surface area contributed by atoms with Gasteiger partial charge < -0.3 is 5.32 Å². The van der Waals surface area contributed by atoms with E-state index in [0.29, 0.717) is 12.2 Å².